The molecule has 2 heterocycles. The maximum atomic E-state index is 13.8. The number of nitrogens with zero attached hydrogens (tertiary/aromatic N) is 3. The first-order chi connectivity index (χ1) is 8.69. The molecule has 0 fully saturated rings. The van der Waals surface area contributed by atoms with E-state index in [0.29, 0.717) is 18.5 Å². The Labute approximate surface area is 108 Å². The summed E-state index contributed by atoms with van der Waals surface area (Å²) in [6.45, 7) is 2.68. The zero-order valence-electron chi connectivity index (χ0n) is 10.1. The Balaban J connectivity index is 2.48. The van der Waals surface area contributed by atoms with Gasteiger partial charge < -0.3 is 0 Å². The largest absolute Gasteiger partial charge is 0.298 e. The number of hydrogen-bond donors (Lipinski definition) is 0. The average Bonchev–Trinajstić information content (AvgIpc) is 2.81. The Morgan fingerprint density at radius 3 is 2.78 bits per heavy atom. The molecule has 0 aliphatic rings. The van der Waals surface area contributed by atoms with Gasteiger partial charge in [0.2, 0.25) is 0 Å². The van der Waals surface area contributed by atoms with Crippen molar-refractivity contribution in [2.45, 2.75) is 18.5 Å². The van der Waals surface area contributed by atoms with Crippen LogP contribution in [0.2, 0.25) is 0 Å². The van der Waals surface area contributed by atoms with E-state index in [-0.39, 0.29) is 11.3 Å². The van der Waals surface area contributed by atoms with Crippen LogP contribution < -0.4 is 0 Å². The molecule has 0 saturated carbocycles. The average molecular weight is 265 g/mol. The van der Waals surface area contributed by atoms with E-state index < -0.39 is 5.82 Å². The van der Waals surface area contributed by atoms with Gasteiger partial charge in [0.25, 0.3) is 0 Å². The van der Waals surface area contributed by atoms with Crippen LogP contribution in [-0.4, -0.2) is 27.3 Å². The van der Waals surface area contributed by atoms with Crippen molar-refractivity contribution < 1.29 is 9.18 Å². The first kappa shape index (κ1) is 12.8. The third kappa shape index (κ3) is 2.28. The summed E-state index contributed by atoms with van der Waals surface area (Å²) in [5.74, 6) is -0.534. The number of thioether (sulfide) groups is 1. The van der Waals surface area contributed by atoms with E-state index in [4.69, 9.17) is 0 Å². The number of aldehydes is 1. The van der Waals surface area contributed by atoms with Gasteiger partial charge in [-0.05, 0) is 25.3 Å². The van der Waals surface area contributed by atoms with Crippen LogP contribution in [0.25, 0.3) is 11.4 Å². The van der Waals surface area contributed by atoms with E-state index in [0.717, 1.165) is 5.03 Å². The quantitative estimate of drug-likeness (QED) is 0.630. The van der Waals surface area contributed by atoms with Gasteiger partial charge in [0.1, 0.15) is 11.4 Å². The lowest BCUT2D eigenvalue weighted by Gasteiger charge is -1.99. The molecule has 0 amide bonds. The lowest BCUT2D eigenvalue weighted by atomic mass is 10.2. The maximum Gasteiger partial charge on any atom is 0.151 e. The molecular formula is C12H12FN3OS. The molecule has 0 spiro atoms. The lowest BCUT2D eigenvalue weighted by Crippen LogP contribution is -1.99. The van der Waals surface area contributed by atoms with Gasteiger partial charge in [-0.3, -0.25) is 14.5 Å². The van der Waals surface area contributed by atoms with E-state index in [2.05, 4.69) is 10.1 Å². The molecule has 0 saturated heterocycles. The number of aryl methyl sites for hydroxylation is 1. The number of hydrogen-bond acceptors (Lipinski definition) is 4. The van der Waals surface area contributed by atoms with Gasteiger partial charge in [-0.1, -0.05) is 0 Å². The van der Waals surface area contributed by atoms with Gasteiger partial charge >= 0.3 is 0 Å². The zero-order chi connectivity index (χ0) is 13.1. The number of aromatic nitrogens is 3. The molecular weight excluding hydrogens is 253 g/mol. The Kier molecular flexibility index (Phi) is 3.76. The second-order valence-corrected chi connectivity index (χ2v) is 4.43. The summed E-state index contributed by atoms with van der Waals surface area (Å²) in [6, 6.07) is 2.96. The number of carbonyl (C=O) groups is 1. The normalized spacial score (nSPS) is 10.6. The Bertz CT molecular complexity index is 561. The topological polar surface area (TPSA) is 47.8 Å². The fraction of sp³-hybridized carbons (Fsp3) is 0.250. The highest BCUT2D eigenvalue weighted by atomic mass is 32.2. The highest BCUT2D eigenvalue weighted by molar-refractivity contribution is 7.98. The molecule has 2 aromatic rings. The van der Waals surface area contributed by atoms with E-state index >= 15 is 0 Å². The van der Waals surface area contributed by atoms with Crippen molar-refractivity contribution in [1.29, 1.82) is 0 Å². The fourth-order valence-electron chi connectivity index (χ4n) is 1.61. The summed E-state index contributed by atoms with van der Waals surface area (Å²) < 4.78 is 15.6. The molecule has 6 heteroatoms. The third-order valence-corrected chi connectivity index (χ3v) is 3.24. The minimum absolute atomic E-state index is 0.170. The van der Waals surface area contributed by atoms with Crippen LogP contribution in [0.1, 0.15) is 17.3 Å². The summed E-state index contributed by atoms with van der Waals surface area (Å²) in [5.41, 5.74) is 0.871. The number of halogens is 1. The van der Waals surface area contributed by atoms with Crippen LogP contribution >= 0.6 is 11.8 Å². The van der Waals surface area contributed by atoms with Crippen LogP contribution in [0.3, 0.4) is 0 Å². The van der Waals surface area contributed by atoms with Crippen LogP contribution in [0.15, 0.2) is 23.4 Å². The summed E-state index contributed by atoms with van der Waals surface area (Å²) in [5, 5.41) is 5.24. The predicted molar refractivity (Wildman–Crippen MR) is 68.3 cm³/mol. The molecule has 4 nitrogen and oxygen atoms in total. The van der Waals surface area contributed by atoms with E-state index in [1.54, 1.807) is 22.5 Å². The number of carbonyl (C=O) groups excluding carboxylic acids is 1. The summed E-state index contributed by atoms with van der Waals surface area (Å²) in [4.78, 5) is 14.5. The van der Waals surface area contributed by atoms with Crippen LogP contribution in [0, 0.1) is 5.82 Å². The minimum Gasteiger partial charge on any atom is -0.298 e. The van der Waals surface area contributed by atoms with Gasteiger partial charge in [0.05, 0.1) is 5.03 Å². The van der Waals surface area contributed by atoms with E-state index in [9.17, 15) is 9.18 Å². The van der Waals surface area contributed by atoms with Gasteiger partial charge in [0.15, 0.2) is 12.1 Å². The molecule has 2 aromatic heterocycles. The SMILES string of the molecule is CCn1nc(-c2ncc(C=O)cc2F)cc1SC. The highest BCUT2D eigenvalue weighted by Crippen LogP contribution is 2.24. The minimum atomic E-state index is -0.534. The monoisotopic (exact) mass is 265 g/mol. The molecule has 0 aliphatic carbocycles. The first-order valence-electron chi connectivity index (χ1n) is 5.42. The Hall–Kier alpha value is -1.69. The summed E-state index contributed by atoms with van der Waals surface area (Å²) in [7, 11) is 0. The highest BCUT2D eigenvalue weighted by Gasteiger charge is 2.13. The molecule has 0 N–H and O–H groups in total. The van der Waals surface area contributed by atoms with Crippen LogP contribution in [0.5, 0.6) is 0 Å². The second-order valence-electron chi connectivity index (χ2n) is 3.60. The maximum absolute atomic E-state index is 13.8. The molecule has 0 bridgehead atoms. The van der Waals surface area contributed by atoms with Gasteiger partial charge in [-0.25, -0.2) is 4.39 Å². The van der Waals surface area contributed by atoms with Gasteiger partial charge in [-0.15, -0.1) is 11.8 Å². The van der Waals surface area contributed by atoms with Crippen molar-refractivity contribution >= 4 is 18.0 Å². The van der Waals surface area contributed by atoms with Gasteiger partial charge in [-0.2, -0.15) is 5.10 Å². The van der Waals surface area contributed by atoms with Crippen molar-refractivity contribution in [3.8, 4) is 11.4 Å². The second kappa shape index (κ2) is 5.30. The number of pyridine rings is 1. The smallest absolute Gasteiger partial charge is 0.151 e. The van der Waals surface area contributed by atoms with Gasteiger partial charge in [0, 0.05) is 18.3 Å². The number of rotatable bonds is 4. The van der Waals surface area contributed by atoms with Crippen molar-refractivity contribution in [3.63, 3.8) is 0 Å². The molecule has 18 heavy (non-hydrogen) atoms. The summed E-state index contributed by atoms with van der Waals surface area (Å²) >= 11 is 1.54. The predicted octanol–water partition coefficient (Wildman–Crippen LogP) is 2.64. The van der Waals surface area contributed by atoms with Crippen molar-refractivity contribution in [2.75, 3.05) is 6.26 Å². The molecule has 0 aliphatic heterocycles. The van der Waals surface area contributed by atoms with E-state index in [1.165, 1.54) is 12.3 Å². The van der Waals surface area contributed by atoms with Crippen LogP contribution in [0.4, 0.5) is 4.39 Å². The van der Waals surface area contributed by atoms with Crippen molar-refractivity contribution in [2.24, 2.45) is 0 Å². The molecule has 2 rings (SSSR count). The van der Waals surface area contributed by atoms with Crippen molar-refractivity contribution in [3.05, 3.63) is 29.7 Å². The van der Waals surface area contributed by atoms with E-state index in [1.807, 2.05) is 13.2 Å². The Morgan fingerprint density at radius 2 is 2.28 bits per heavy atom. The zero-order valence-corrected chi connectivity index (χ0v) is 10.9. The standard InChI is InChI=1S/C12H12FN3OS/c1-3-16-11(18-2)5-10(15-16)12-9(13)4-8(7-17)6-14-12/h4-7H,3H2,1-2H3. The molecule has 0 radical (unpaired) electrons. The molecule has 0 aromatic carbocycles. The summed E-state index contributed by atoms with van der Waals surface area (Å²) in [6.07, 6.45) is 3.85. The fourth-order valence-corrected chi connectivity index (χ4v) is 2.22. The van der Waals surface area contributed by atoms with Crippen molar-refractivity contribution in [1.82, 2.24) is 14.8 Å². The lowest BCUT2D eigenvalue weighted by molar-refractivity contribution is 0.112. The van der Waals surface area contributed by atoms with Crippen LogP contribution in [-0.2, 0) is 6.54 Å². The molecule has 94 valence electrons. The first-order valence-corrected chi connectivity index (χ1v) is 6.65. The third-order valence-electron chi connectivity index (χ3n) is 2.49. The molecule has 0 unspecified atom stereocenters. The Morgan fingerprint density at radius 1 is 1.50 bits per heavy atom. The molecule has 0 atom stereocenters.